The van der Waals surface area contributed by atoms with Gasteiger partial charge in [-0.05, 0) is 17.7 Å². The van der Waals surface area contributed by atoms with Crippen molar-refractivity contribution >= 4 is 21.7 Å². The number of amides is 2. The van der Waals surface area contributed by atoms with Gasteiger partial charge in [-0.2, -0.15) is 0 Å². The zero-order valence-electron chi connectivity index (χ0n) is 11.8. The quantitative estimate of drug-likeness (QED) is 0.790. The molecular weight excluding hydrogens is 292 g/mol. The van der Waals surface area contributed by atoms with E-state index in [0.717, 1.165) is 10.5 Å². The van der Waals surface area contributed by atoms with Gasteiger partial charge in [-0.1, -0.05) is 19.1 Å². The molecule has 0 radical (unpaired) electrons. The molecule has 1 saturated heterocycles. The summed E-state index contributed by atoms with van der Waals surface area (Å²) in [6.07, 6.45) is 0.154. The smallest absolute Gasteiger partial charge is 0.232 e. The molecule has 1 unspecified atom stereocenters. The van der Waals surface area contributed by atoms with Crippen LogP contribution < -0.4 is 5.73 Å². The first kappa shape index (κ1) is 15.7. The van der Waals surface area contributed by atoms with Crippen LogP contribution >= 0.6 is 0 Å². The van der Waals surface area contributed by atoms with Gasteiger partial charge in [-0.3, -0.25) is 14.5 Å². The average Bonchev–Trinajstić information content (AvgIpc) is 2.70. The van der Waals surface area contributed by atoms with E-state index in [0.29, 0.717) is 0 Å². The molecule has 2 rings (SSSR count). The largest absolute Gasteiger partial charge is 0.326 e. The van der Waals surface area contributed by atoms with Crippen LogP contribution in [0.5, 0.6) is 0 Å². The third-order valence-corrected chi connectivity index (χ3v) is 5.24. The standard InChI is InChI=1S/C14H18N2O4S/c1-10-7-13(17)16(14(10)18)5-6-21(19,20)12-4-2-3-11(8-12)9-15/h2-4,8,10H,5-7,9,15H2,1H3. The number of carbonyl (C=O) groups excluding carboxylic acids is 2. The van der Waals surface area contributed by atoms with Gasteiger partial charge in [0.2, 0.25) is 11.8 Å². The number of carbonyl (C=O) groups is 2. The molecule has 1 aliphatic rings. The van der Waals surface area contributed by atoms with Crippen LogP contribution in [-0.4, -0.2) is 37.4 Å². The van der Waals surface area contributed by atoms with Gasteiger partial charge in [-0.25, -0.2) is 8.42 Å². The van der Waals surface area contributed by atoms with E-state index in [4.69, 9.17) is 5.73 Å². The molecule has 0 spiro atoms. The lowest BCUT2D eigenvalue weighted by atomic mass is 10.1. The summed E-state index contributed by atoms with van der Waals surface area (Å²) in [6.45, 7) is 1.82. The molecule has 1 aromatic rings. The van der Waals surface area contributed by atoms with Crippen LogP contribution in [0.4, 0.5) is 0 Å². The molecule has 2 N–H and O–H groups in total. The number of imide groups is 1. The van der Waals surface area contributed by atoms with Crippen molar-refractivity contribution in [1.29, 1.82) is 0 Å². The molecule has 1 heterocycles. The van der Waals surface area contributed by atoms with Gasteiger partial charge in [-0.15, -0.1) is 0 Å². The molecule has 1 aliphatic heterocycles. The van der Waals surface area contributed by atoms with Gasteiger partial charge in [0.15, 0.2) is 9.84 Å². The second kappa shape index (κ2) is 5.95. The summed E-state index contributed by atoms with van der Waals surface area (Å²) in [6, 6.07) is 6.38. The summed E-state index contributed by atoms with van der Waals surface area (Å²) < 4.78 is 24.5. The molecule has 0 bridgehead atoms. The molecule has 2 amide bonds. The van der Waals surface area contributed by atoms with Crippen LogP contribution in [0.1, 0.15) is 18.9 Å². The number of hydrogen-bond acceptors (Lipinski definition) is 5. The van der Waals surface area contributed by atoms with E-state index < -0.39 is 9.84 Å². The van der Waals surface area contributed by atoms with Crippen LogP contribution in [0.2, 0.25) is 0 Å². The van der Waals surface area contributed by atoms with Gasteiger partial charge in [0.05, 0.1) is 10.6 Å². The Kier molecular flexibility index (Phi) is 4.43. The first-order valence-electron chi connectivity index (χ1n) is 6.71. The molecular formula is C14H18N2O4S. The third kappa shape index (κ3) is 3.30. The van der Waals surface area contributed by atoms with E-state index in [9.17, 15) is 18.0 Å². The maximum Gasteiger partial charge on any atom is 0.232 e. The number of nitrogens with two attached hydrogens (primary N) is 1. The first-order valence-corrected chi connectivity index (χ1v) is 8.36. The zero-order valence-corrected chi connectivity index (χ0v) is 12.6. The molecule has 0 saturated carbocycles. The lowest BCUT2D eigenvalue weighted by Gasteiger charge is -2.14. The highest BCUT2D eigenvalue weighted by Crippen LogP contribution is 2.20. The highest BCUT2D eigenvalue weighted by molar-refractivity contribution is 7.91. The highest BCUT2D eigenvalue weighted by Gasteiger charge is 2.36. The molecule has 21 heavy (non-hydrogen) atoms. The normalized spacial score (nSPS) is 19.3. The fraction of sp³-hybridized carbons (Fsp3) is 0.429. The van der Waals surface area contributed by atoms with Crippen molar-refractivity contribution in [1.82, 2.24) is 4.90 Å². The number of benzene rings is 1. The van der Waals surface area contributed by atoms with Gasteiger partial charge in [0.1, 0.15) is 0 Å². The van der Waals surface area contributed by atoms with E-state index in [1.54, 1.807) is 19.1 Å². The van der Waals surface area contributed by atoms with Gasteiger partial charge in [0.25, 0.3) is 0 Å². The van der Waals surface area contributed by atoms with Crippen LogP contribution in [-0.2, 0) is 26.0 Å². The third-order valence-electron chi connectivity index (χ3n) is 3.55. The Morgan fingerprint density at radius 3 is 2.62 bits per heavy atom. The topological polar surface area (TPSA) is 97.5 Å². The van der Waals surface area contributed by atoms with E-state index >= 15 is 0 Å². The van der Waals surface area contributed by atoms with Crippen LogP contribution in [0.15, 0.2) is 29.2 Å². The van der Waals surface area contributed by atoms with Crippen LogP contribution in [0, 0.1) is 5.92 Å². The number of hydrogen-bond donors (Lipinski definition) is 1. The Morgan fingerprint density at radius 2 is 2.05 bits per heavy atom. The molecule has 6 nitrogen and oxygen atoms in total. The predicted molar refractivity (Wildman–Crippen MR) is 76.9 cm³/mol. The second-order valence-electron chi connectivity index (χ2n) is 5.16. The summed E-state index contributed by atoms with van der Waals surface area (Å²) >= 11 is 0. The molecule has 1 aromatic carbocycles. The van der Waals surface area contributed by atoms with Crippen molar-refractivity contribution < 1.29 is 18.0 Å². The van der Waals surface area contributed by atoms with E-state index in [-0.39, 0.29) is 47.9 Å². The first-order chi connectivity index (χ1) is 9.85. The minimum Gasteiger partial charge on any atom is -0.326 e. The highest BCUT2D eigenvalue weighted by atomic mass is 32.2. The SMILES string of the molecule is CC1CC(=O)N(CCS(=O)(=O)c2cccc(CN)c2)C1=O. The minimum atomic E-state index is -3.55. The second-order valence-corrected chi connectivity index (χ2v) is 7.27. The Morgan fingerprint density at radius 1 is 1.33 bits per heavy atom. The van der Waals surface area contributed by atoms with Crippen molar-refractivity contribution in [2.45, 2.75) is 24.8 Å². The van der Waals surface area contributed by atoms with Gasteiger partial charge < -0.3 is 5.73 Å². The Bertz CT molecular complexity index is 669. The van der Waals surface area contributed by atoms with Crippen molar-refractivity contribution in [3.05, 3.63) is 29.8 Å². The summed E-state index contributed by atoms with van der Waals surface area (Å²) in [5.41, 5.74) is 6.22. The average molecular weight is 310 g/mol. The summed E-state index contributed by atoms with van der Waals surface area (Å²) in [5, 5.41) is 0. The van der Waals surface area contributed by atoms with Crippen molar-refractivity contribution in [2.24, 2.45) is 11.7 Å². The van der Waals surface area contributed by atoms with Crippen molar-refractivity contribution in [3.63, 3.8) is 0 Å². The number of sulfone groups is 1. The van der Waals surface area contributed by atoms with Crippen molar-refractivity contribution in [3.8, 4) is 0 Å². The molecule has 1 fully saturated rings. The number of likely N-dealkylation sites (tertiary alicyclic amines) is 1. The van der Waals surface area contributed by atoms with E-state index in [1.807, 2.05) is 0 Å². The number of rotatable bonds is 5. The molecule has 1 atom stereocenters. The zero-order chi connectivity index (χ0) is 15.6. The fourth-order valence-electron chi connectivity index (χ4n) is 2.28. The maximum absolute atomic E-state index is 12.3. The minimum absolute atomic E-state index is 0.100. The van der Waals surface area contributed by atoms with Gasteiger partial charge >= 0.3 is 0 Å². The predicted octanol–water partition coefficient (Wildman–Crippen LogP) is 0.314. The summed E-state index contributed by atoms with van der Waals surface area (Å²) in [7, 11) is -3.55. The number of nitrogens with zero attached hydrogens (tertiary/aromatic N) is 1. The molecule has 114 valence electrons. The molecule has 0 aliphatic carbocycles. The monoisotopic (exact) mass is 310 g/mol. The van der Waals surface area contributed by atoms with Crippen LogP contribution in [0.3, 0.4) is 0 Å². The maximum atomic E-state index is 12.3. The van der Waals surface area contributed by atoms with Crippen LogP contribution in [0.25, 0.3) is 0 Å². The molecule has 7 heteroatoms. The van der Waals surface area contributed by atoms with E-state index in [2.05, 4.69) is 0 Å². The van der Waals surface area contributed by atoms with Crippen molar-refractivity contribution in [2.75, 3.05) is 12.3 Å². The molecule has 0 aromatic heterocycles. The summed E-state index contributed by atoms with van der Waals surface area (Å²) in [5.74, 6) is -1.24. The van der Waals surface area contributed by atoms with Gasteiger partial charge in [0, 0.05) is 25.4 Å². The lowest BCUT2D eigenvalue weighted by Crippen LogP contribution is -2.34. The van der Waals surface area contributed by atoms with E-state index in [1.165, 1.54) is 12.1 Å². The Balaban J connectivity index is 2.11. The lowest BCUT2D eigenvalue weighted by molar-refractivity contribution is -0.138. The summed E-state index contributed by atoms with van der Waals surface area (Å²) in [4.78, 5) is 24.6. The fourth-order valence-corrected chi connectivity index (χ4v) is 3.55. The Labute approximate surface area is 123 Å². The Hall–Kier alpha value is -1.73.